The normalized spacial score (nSPS) is 14.7. The summed E-state index contributed by atoms with van der Waals surface area (Å²) in [5, 5.41) is 0. The monoisotopic (exact) mass is 281 g/mol. The Morgan fingerprint density at radius 3 is 2.76 bits per heavy atom. The summed E-state index contributed by atoms with van der Waals surface area (Å²) >= 11 is 0. The van der Waals surface area contributed by atoms with Crippen molar-refractivity contribution in [2.75, 3.05) is 5.73 Å². The van der Waals surface area contributed by atoms with Gasteiger partial charge in [0.2, 0.25) is 0 Å². The first-order valence-electron chi connectivity index (χ1n) is 7.21. The van der Waals surface area contributed by atoms with Crippen molar-refractivity contribution < 1.29 is 4.39 Å². The van der Waals surface area contributed by atoms with E-state index in [0.29, 0.717) is 18.2 Å². The Labute approximate surface area is 122 Å². The highest BCUT2D eigenvalue weighted by Gasteiger charge is 2.29. The van der Waals surface area contributed by atoms with E-state index in [0.717, 1.165) is 22.4 Å². The van der Waals surface area contributed by atoms with Gasteiger partial charge in [-0.2, -0.15) is 0 Å². The Morgan fingerprint density at radius 1 is 1.19 bits per heavy atom. The predicted molar refractivity (Wildman–Crippen MR) is 81.6 cm³/mol. The van der Waals surface area contributed by atoms with E-state index >= 15 is 0 Å². The minimum Gasteiger partial charge on any atom is -0.397 e. The molecule has 1 saturated carbocycles. The lowest BCUT2D eigenvalue weighted by Gasteiger charge is -2.09. The molecular formula is C17H16FN3. The van der Waals surface area contributed by atoms with Gasteiger partial charge in [0.1, 0.15) is 17.2 Å². The Bertz CT molecular complexity index is 818. The molecule has 106 valence electrons. The highest BCUT2D eigenvalue weighted by Crippen LogP contribution is 2.41. The van der Waals surface area contributed by atoms with Crippen molar-refractivity contribution in [2.45, 2.75) is 25.3 Å². The van der Waals surface area contributed by atoms with Crippen LogP contribution in [0.15, 0.2) is 42.5 Å². The molecule has 0 amide bonds. The average molecular weight is 281 g/mol. The number of anilines is 1. The van der Waals surface area contributed by atoms with Crippen LogP contribution in [0.25, 0.3) is 11.0 Å². The standard InChI is InChI=1S/C17H16FN3/c18-13-4-1-3-11(9-13)10-21-15-6-2-5-14(19)16(15)20-17(21)12-7-8-12/h1-6,9,12H,7-8,10,19H2. The molecule has 3 nitrogen and oxygen atoms in total. The fourth-order valence-corrected chi connectivity index (χ4v) is 2.82. The van der Waals surface area contributed by atoms with Gasteiger partial charge in [0.25, 0.3) is 0 Å². The van der Waals surface area contributed by atoms with E-state index in [2.05, 4.69) is 4.57 Å². The van der Waals surface area contributed by atoms with Crippen LogP contribution in [0.3, 0.4) is 0 Å². The first kappa shape index (κ1) is 12.4. The lowest BCUT2D eigenvalue weighted by molar-refractivity contribution is 0.623. The molecule has 3 aromatic rings. The summed E-state index contributed by atoms with van der Waals surface area (Å²) in [6, 6.07) is 12.6. The van der Waals surface area contributed by atoms with E-state index in [1.54, 1.807) is 12.1 Å². The molecule has 0 saturated heterocycles. The highest BCUT2D eigenvalue weighted by molar-refractivity contribution is 5.87. The second-order valence-electron chi connectivity index (χ2n) is 5.68. The zero-order valence-corrected chi connectivity index (χ0v) is 11.6. The summed E-state index contributed by atoms with van der Waals surface area (Å²) in [6.45, 7) is 0.629. The molecule has 4 rings (SSSR count). The van der Waals surface area contributed by atoms with E-state index in [9.17, 15) is 4.39 Å². The summed E-state index contributed by atoms with van der Waals surface area (Å²) in [5.41, 5.74) is 9.57. The number of nitrogens with two attached hydrogens (primary N) is 1. The van der Waals surface area contributed by atoms with Crippen LogP contribution in [-0.2, 0) is 6.54 Å². The third kappa shape index (κ3) is 2.17. The number of para-hydroxylation sites is 1. The summed E-state index contributed by atoms with van der Waals surface area (Å²) in [7, 11) is 0. The zero-order valence-electron chi connectivity index (χ0n) is 11.6. The maximum atomic E-state index is 13.4. The fourth-order valence-electron chi connectivity index (χ4n) is 2.82. The highest BCUT2D eigenvalue weighted by atomic mass is 19.1. The van der Waals surface area contributed by atoms with Crippen molar-refractivity contribution in [1.29, 1.82) is 0 Å². The van der Waals surface area contributed by atoms with Gasteiger partial charge in [-0.25, -0.2) is 9.37 Å². The molecule has 2 N–H and O–H groups in total. The molecule has 21 heavy (non-hydrogen) atoms. The summed E-state index contributed by atoms with van der Waals surface area (Å²) in [6.07, 6.45) is 2.35. The fraction of sp³-hybridized carbons (Fsp3) is 0.235. The Balaban J connectivity index is 1.86. The number of nitrogen functional groups attached to an aromatic ring is 1. The van der Waals surface area contributed by atoms with Gasteiger partial charge in [-0.1, -0.05) is 18.2 Å². The van der Waals surface area contributed by atoms with Crippen molar-refractivity contribution in [3.05, 3.63) is 59.7 Å². The van der Waals surface area contributed by atoms with Crippen molar-refractivity contribution in [1.82, 2.24) is 9.55 Å². The number of benzene rings is 2. The van der Waals surface area contributed by atoms with Crippen molar-refractivity contribution in [3.63, 3.8) is 0 Å². The van der Waals surface area contributed by atoms with Gasteiger partial charge in [-0.3, -0.25) is 0 Å². The Hall–Kier alpha value is -2.36. The number of rotatable bonds is 3. The molecule has 0 spiro atoms. The van der Waals surface area contributed by atoms with Crippen LogP contribution >= 0.6 is 0 Å². The molecule has 4 heteroatoms. The van der Waals surface area contributed by atoms with E-state index in [4.69, 9.17) is 10.7 Å². The molecule has 0 unspecified atom stereocenters. The van der Waals surface area contributed by atoms with Gasteiger partial charge in [-0.05, 0) is 42.7 Å². The van der Waals surface area contributed by atoms with Crippen LogP contribution in [0, 0.1) is 5.82 Å². The summed E-state index contributed by atoms with van der Waals surface area (Å²) < 4.78 is 15.6. The van der Waals surface area contributed by atoms with Crippen molar-refractivity contribution in [3.8, 4) is 0 Å². The first-order chi connectivity index (χ1) is 10.2. The quantitative estimate of drug-likeness (QED) is 0.744. The van der Waals surface area contributed by atoms with Crippen LogP contribution in [0.2, 0.25) is 0 Å². The number of hydrogen-bond acceptors (Lipinski definition) is 2. The summed E-state index contributed by atoms with van der Waals surface area (Å²) in [5.74, 6) is 1.39. The molecule has 1 heterocycles. The molecule has 2 aromatic carbocycles. The third-order valence-electron chi connectivity index (χ3n) is 4.01. The lowest BCUT2D eigenvalue weighted by Crippen LogP contribution is -2.04. The van der Waals surface area contributed by atoms with E-state index in [1.807, 2.05) is 24.3 Å². The van der Waals surface area contributed by atoms with Gasteiger partial charge in [-0.15, -0.1) is 0 Å². The average Bonchev–Trinajstić information content (AvgIpc) is 3.24. The van der Waals surface area contributed by atoms with Crippen molar-refractivity contribution >= 4 is 16.7 Å². The van der Waals surface area contributed by atoms with Crippen LogP contribution < -0.4 is 5.73 Å². The van der Waals surface area contributed by atoms with E-state index in [-0.39, 0.29) is 5.82 Å². The SMILES string of the molecule is Nc1cccc2c1nc(C1CC1)n2Cc1cccc(F)c1. The minimum absolute atomic E-state index is 0.204. The molecule has 0 bridgehead atoms. The van der Waals surface area contributed by atoms with Crippen LogP contribution in [0.4, 0.5) is 10.1 Å². The molecular weight excluding hydrogens is 265 g/mol. The molecule has 0 atom stereocenters. The van der Waals surface area contributed by atoms with E-state index in [1.165, 1.54) is 18.9 Å². The summed E-state index contributed by atoms with van der Waals surface area (Å²) in [4.78, 5) is 4.74. The number of imidazole rings is 1. The molecule has 1 aliphatic carbocycles. The number of fused-ring (bicyclic) bond motifs is 1. The van der Waals surface area contributed by atoms with Gasteiger partial charge < -0.3 is 10.3 Å². The largest absolute Gasteiger partial charge is 0.397 e. The van der Waals surface area contributed by atoms with E-state index < -0.39 is 0 Å². The molecule has 1 aromatic heterocycles. The maximum absolute atomic E-state index is 13.4. The van der Waals surface area contributed by atoms with Gasteiger partial charge in [0, 0.05) is 12.5 Å². The van der Waals surface area contributed by atoms with Gasteiger partial charge in [0.05, 0.1) is 11.2 Å². The Kier molecular flexibility index (Phi) is 2.70. The molecule has 0 aliphatic heterocycles. The zero-order chi connectivity index (χ0) is 14.4. The minimum atomic E-state index is -0.204. The Morgan fingerprint density at radius 2 is 2.00 bits per heavy atom. The maximum Gasteiger partial charge on any atom is 0.123 e. The van der Waals surface area contributed by atoms with Gasteiger partial charge >= 0.3 is 0 Å². The first-order valence-corrected chi connectivity index (χ1v) is 7.21. The second-order valence-corrected chi connectivity index (χ2v) is 5.68. The second kappa shape index (κ2) is 4.58. The predicted octanol–water partition coefficient (Wildman–Crippen LogP) is 3.68. The smallest absolute Gasteiger partial charge is 0.123 e. The van der Waals surface area contributed by atoms with Crippen LogP contribution in [0.5, 0.6) is 0 Å². The van der Waals surface area contributed by atoms with Crippen LogP contribution in [0.1, 0.15) is 30.1 Å². The topological polar surface area (TPSA) is 43.8 Å². The number of nitrogens with zero attached hydrogens (tertiary/aromatic N) is 2. The number of hydrogen-bond donors (Lipinski definition) is 1. The van der Waals surface area contributed by atoms with Crippen molar-refractivity contribution in [2.24, 2.45) is 0 Å². The molecule has 0 radical (unpaired) electrons. The van der Waals surface area contributed by atoms with Gasteiger partial charge in [0.15, 0.2) is 0 Å². The molecule has 1 aliphatic rings. The lowest BCUT2D eigenvalue weighted by atomic mass is 10.2. The third-order valence-corrected chi connectivity index (χ3v) is 4.01. The number of aromatic nitrogens is 2. The van der Waals surface area contributed by atoms with Crippen LogP contribution in [-0.4, -0.2) is 9.55 Å². The molecule has 1 fully saturated rings. The number of halogens is 1.